The maximum Gasteiger partial charge on any atom is 0.433 e. The van der Waals surface area contributed by atoms with E-state index >= 15 is 0 Å². The van der Waals surface area contributed by atoms with Crippen LogP contribution in [0.4, 0.5) is 13.2 Å². The number of para-hydroxylation sites is 2. The summed E-state index contributed by atoms with van der Waals surface area (Å²) in [5, 5.41) is 7.75. The Morgan fingerprint density at radius 2 is 1.81 bits per heavy atom. The molecule has 1 N–H and O–H groups in total. The Bertz CT molecular complexity index is 1260. The summed E-state index contributed by atoms with van der Waals surface area (Å²) in [4.78, 5) is 16.8. The maximum atomic E-state index is 13.2. The number of halogens is 3. The third kappa shape index (κ3) is 4.62. The highest BCUT2D eigenvalue weighted by molar-refractivity contribution is 7.99. The zero-order chi connectivity index (χ0) is 22.7. The molecular weight excluding hydrogens is 437 g/mol. The van der Waals surface area contributed by atoms with E-state index in [0.717, 1.165) is 11.8 Å². The normalized spacial score (nSPS) is 11.6. The van der Waals surface area contributed by atoms with Crippen LogP contribution in [0.15, 0.2) is 71.8 Å². The summed E-state index contributed by atoms with van der Waals surface area (Å²) in [5.41, 5.74) is 1.37. The van der Waals surface area contributed by atoms with Gasteiger partial charge in [-0.25, -0.2) is 9.67 Å². The second-order valence-corrected chi connectivity index (χ2v) is 8.15. The van der Waals surface area contributed by atoms with Gasteiger partial charge in [0, 0.05) is 22.6 Å². The van der Waals surface area contributed by atoms with Gasteiger partial charge < -0.3 is 5.32 Å². The molecule has 32 heavy (non-hydrogen) atoms. The van der Waals surface area contributed by atoms with Gasteiger partial charge in [0.25, 0.3) is 5.91 Å². The van der Waals surface area contributed by atoms with Gasteiger partial charge in [-0.1, -0.05) is 36.4 Å². The highest BCUT2D eigenvalue weighted by Crippen LogP contribution is 2.34. The molecule has 0 spiro atoms. The number of nitrogens with zero attached hydrogens (tertiary/aromatic N) is 3. The average Bonchev–Trinajstić information content (AvgIpc) is 3.17. The molecule has 0 aliphatic heterocycles. The second kappa shape index (κ2) is 9.04. The molecule has 0 bridgehead atoms. The first-order chi connectivity index (χ1) is 15.3. The molecule has 164 valence electrons. The Hall–Kier alpha value is -3.33. The Kier molecular flexibility index (Phi) is 6.18. The van der Waals surface area contributed by atoms with Crippen molar-refractivity contribution in [3.8, 4) is 5.69 Å². The van der Waals surface area contributed by atoms with Crippen LogP contribution in [-0.4, -0.2) is 33.0 Å². The summed E-state index contributed by atoms with van der Waals surface area (Å²) in [6.45, 7) is 2.10. The van der Waals surface area contributed by atoms with Crippen LogP contribution in [0.2, 0.25) is 0 Å². The molecule has 9 heteroatoms. The number of hydrogen-bond donors (Lipinski definition) is 1. The Morgan fingerprint density at radius 1 is 1.09 bits per heavy atom. The smallest absolute Gasteiger partial charge is 0.351 e. The van der Waals surface area contributed by atoms with Crippen LogP contribution in [-0.2, 0) is 6.18 Å². The number of aromatic nitrogens is 3. The minimum atomic E-state index is -4.52. The van der Waals surface area contributed by atoms with E-state index < -0.39 is 11.9 Å². The van der Waals surface area contributed by atoms with Crippen LogP contribution < -0.4 is 5.32 Å². The third-order valence-electron chi connectivity index (χ3n) is 4.87. The van der Waals surface area contributed by atoms with Crippen LogP contribution in [0.1, 0.15) is 21.7 Å². The SMILES string of the molecule is Cc1c(C(=O)NCCSc2cc(C(F)(F)F)nc3ccccc23)cnn1-c1ccccc1. The first kappa shape index (κ1) is 21.9. The molecule has 2 aromatic carbocycles. The van der Waals surface area contributed by atoms with E-state index in [0.29, 0.717) is 27.3 Å². The molecule has 1 amide bonds. The molecular formula is C23H19F3N4OS. The van der Waals surface area contributed by atoms with Crippen LogP contribution in [0.5, 0.6) is 0 Å². The first-order valence-electron chi connectivity index (χ1n) is 9.82. The predicted octanol–water partition coefficient (Wildman–Crippen LogP) is 5.27. The van der Waals surface area contributed by atoms with Crippen molar-refractivity contribution in [2.45, 2.75) is 18.0 Å². The van der Waals surface area contributed by atoms with Crippen molar-refractivity contribution >= 4 is 28.6 Å². The monoisotopic (exact) mass is 456 g/mol. The van der Waals surface area contributed by atoms with E-state index in [1.165, 1.54) is 18.0 Å². The van der Waals surface area contributed by atoms with E-state index in [2.05, 4.69) is 15.4 Å². The number of nitrogens with one attached hydrogen (secondary N) is 1. The first-order valence-corrected chi connectivity index (χ1v) is 10.8. The standard InChI is InChI=1S/C23H19F3N4OS/c1-15-18(14-28-30(15)16-7-3-2-4-8-16)22(31)27-11-12-32-20-13-21(23(24,25)26)29-19-10-6-5-9-17(19)20/h2-10,13-14H,11-12H2,1H3,(H,27,31). The highest BCUT2D eigenvalue weighted by atomic mass is 32.2. The van der Waals surface area contributed by atoms with Crippen molar-refractivity contribution in [2.24, 2.45) is 0 Å². The molecule has 5 nitrogen and oxygen atoms in total. The number of pyridine rings is 1. The van der Waals surface area contributed by atoms with Gasteiger partial charge >= 0.3 is 6.18 Å². The molecule has 0 saturated carbocycles. The van der Waals surface area contributed by atoms with Crippen molar-refractivity contribution in [3.63, 3.8) is 0 Å². The van der Waals surface area contributed by atoms with Crippen LogP contribution in [0.3, 0.4) is 0 Å². The number of amides is 1. The van der Waals surface area contributed by atoms with Gasteiger partial charge in [0.15, 0.2) is 0 Å². The highest BCUT2D eigenvalue weighted by Gasteiger charge is 2.33. The summed E-state index contributed by atoms with van der Waals surface area (Å²) < 4.78 is 41.3. The fraction of sp³-hybridized carbons (Fsp3) is 0.174. The number of fused-ring (bicyclic) bond motifs is 1. The number of carbonyl (C=O) groups excluding carboxylic acids is 1. The van der Waals surface area contributed by atoms with Crippen LogP contribution in [0, 0.1) is 6.92 Å². The summed E-state index contributed by atoms with van der Waals surface area (Å²) in [6, 6.07) is 17.2. The van der Waals surface area contributed by atoms with E-state index in [9.17, 15) is 18.0 Å². The van der Waals surface area contributed by atoms with Crippen LogP contribution >= 0.6 is 11.8 Å². The van der Waals surface area contributed by atoms with Gasteiger partial charge in [-0.2, -0.15) is 18.3 Å². The minimum Gasteiger partial charge on any atom is -0.351 e. The van der Waals surface area contributed by atoms with E-state index in [-0.39, 0.29) is 18.0 Å². The molecule has 0 saturated heterocycles. The number of carbonyl (C=O) groups is 1. The largest absolute Gasteiger partial charge is 0.433 e. The quantitative estimate of drug-likeness (QED) is 0.317. The van der Waals surface area contributed by atoms with Crippen molar-refractivity contribution in [1.29, 1.82) is 0 Å². The molecule has 0 atom stereocenters. The minimum absolute atomic E-state index is 0.277. The topological polar surface area (TPSA) is 59.8 Å². The van der Waals surface area contributed by atoms with E-state index in [1.807, 2.05) is 37.3 Å². The fourth-order valence-electron chi connectivity index (χ4n) is 3.29. The Labute approximate surface area is 186 Å². The lowest BCUT2D eigenvalue weighted by molar-refractivity contribution is -0.141. The lowest BCUT2D eigenvalue weighted by Crippen LogP contribution is -2.26. The van der Waals surface area contributed by atoms with Gasteiger partial charge in [0.05, 0.1) is 28.7 Å². The fourth-order valence-corrected chi connectivity index (χ4v) is 4.24. The van der Waals surface area contributed by atoms with Crippen molar-refractivity contribution in [2.75, 3.05) is 12.3 Å². The lowest BCUT2D eigenvalue weighted by Gasteiger charge is -2.12. The maximum absolute atomic E-state index is 13.2. The summed E-state index contributed by atoms with van der Waals surface area (Å²) in [7, 11) is 0. The van der Waals surface area contributed by atoms with Crippen molar-refractivity contribution in [3.05, 3.63) is 83.8 Å². The van der Waals surface area contributed by atoms with E-state index in [1.54, 1.807) is 28.9 Å². The molecule has 2 aromatic heterocycles. The molecule has 0 radical (unpaired) electrons. The van der Waals surface area contributed by atoms with E-state index in [4.69, 9.17) is 0 Å². The molecule has 4 rings (SSSR count). The summed E-state index contributed by atoms with van der Waals surface area (Å²) >= 11 is 1.25. The van der Waals surface area contributed by atoms with Gasteiger partial charge in [0.1, 0.15) is 5.69 Å². The van der Waals surface area contributed by atoms with Gasteiger partial charge in [-0.05, 0) is 31.2 Å². The second-order valence-electron chi connectivity index (χ2n) is 7.02. The summed E-state index contributed by atoms with van der Waals surface area (Å²) in [6.07, 6.45) is -3.01. The Balaban J connectivity index is 1.42. The number of thioether (sulfide) groups is 1. The molecule has 2 heterocycles. The molecule has 0 aliphatic carbocycles. The average molecular weight is 456 g/mol. The Morgan fingerprint density at radius 3 is 2.56 bits per heavy atom. The number of hydrogen-bond acceptors (Lipinski definition) is 4. The lowest BCUT2D eigenvalue weighted by atomic mass is 10.2. The number of alkyl halides is 3. The predicted molar refractivity (Wildman–Crippen MR) is 118 cm³/mol. The van der Waals surface area contributed by atoms with Crippen LogP contribution in [0.25, 0.3) is 16.6 Å². The zero-order valence-electron chi connectivity index (χ0n) is 17.1. The third-order valence-corrected chi connectivity index (χ3v) is 5.93. The van der Waals surface area contributed by atoms with Gasteiger partial charge in [0.2, 0.25) is 0 Å². The molecule has 0 fully saturated rings. The summed E-state index contributed by atoms with van der Waals surface area (Å²) in [5.74, 6) is 0.129. The number of benzene rings is 2. The molecule has 4 aromatic rings. The van der Waals surface area contributed by atoms with Gasteiger partial charge in [-0.15, -0.1) is 11.8 Å². The van der Waals surface area contributed by atoms with Crippen molar-refractivity contribution < 1.29 is 18.0 Å². The van der Waals surface area contributed by atoms with Crippen molar-refractivity contribution in [1.82, 2.24) is 20.1 Å². The zero-order valence-corrected chi connectivity index (χ0v) is 17.9. The molecule has 0 aliphatic rings. The number of rotatable bonds is 6. The van der Waals surface area contributed by atoms with Gasteiger partial charge in [-0.3, -0.25) is 4.79 Å². The molecule has 0 unspecified atom stereocenters.